The van der Waals surface area contributed by atoms with E-state index in [1.165, 1.54) is 12.1 Å². The Kier molecular flexibility index (Phi) is 8.39. The third-order valence-electron chi connectivity index (χ3n) is 9.28. The quantitative estimate of drug-likeness (QED) is 0.169. The monoisotopic (exact) mass is 743 g/mol. The van der Waals surface area contributed by atoms with Gasteiger partial charge in [-0.15, -0.1) is 11.3 Å². The molecule has 10 heteroatoms. The van der Waals surface area contributed by atoms with E-state index in [2.05, 4.69) is 12.6 Å². The molecule has 0 amide bonds. The van der Waals surface area contributed by atoms with Crippen molar-refractivity contribution >= 4 is 55.3 Å². The van der Waals surface area contributed by atoms with Crippen molar-refractivity contribution in [2.45, 2.75) is 13.1 Å². The Morgan fingerprint density at radius 1 is 0.636 bits per heavy atom. The summed E-state index contributed by atoms with van der Waals surface area (Å²) < 4.78 is 48.5. The number of nitrogens with zero attached hydrogens (tertiary/aromatic N) is 5. The zero-order valence-electron chi connectivity index (χ0n) is 29.2. The van der Waals surface area contributed by atoms with Gasteiger partial charge in [0.25, 0.3) is 0 Å². The third kappa shape index (κ3) is 6.26. The summed E-state index contributed by atoms with van der Waals surface area (Å²) in [4.78, 5) is 24.7. The van der Waals surface area contributed by atoms with Gasteiger partial charge in [-0.25, -0.2) is 24.9 Å². The third-order valence-corrected chi connectivity index (χ3v) is 10.4. The minimum Gasteiger partial charge on any atom is -0.453 e. The molecular weight excluding hydrogens is 716 g/mol. The largest absolute Gasteiger partial charge is 0.453 e. The fourth-order valence-electron chi connectivity index (χ4n) is 6.63. The van der Waals surface area contributed by atoms with E-state index in [1.54, 1.807) is 11.3 Å². The number of rotatable bonds is 6. The minimum atomic E-state index is -4.47. The van der Waals surface area contributed by atoms with Gasteiger partial charge in [-0.2, -0.15) is 13.2 Å². The minimum absolute atomic E-state index is 0.346. The van der Waals surface area contributed by atoms with Crippen LogP contribution in [0, 0.1) is 0 Å². The molecule has 0 unspecified atom stereocenters. The maximum Gasteiger partial charge on any atom is 0.416 e. The lowest BCUT2D eigenvalue weighted by atomic mass is 10.0. The molecule has 0 saturated heterocycles. The number of furan rings is 1. The van der Waals surface area contributed by atoms with Crippen LogP contribution in [0.2, 0.25) is 0 Å². The normalized spacial score (nSPS) is 12.5. The van der Waals surface area contributed by atoms with Crippen LogP contribution in [0.1, 0.15) is 12.5 Å². The van der Waals surface area contributed by atoms with Crippen molar-refractivity contribution in [2.24, 2.45) is 0 Å². The van der Waals surface area contributed by atoms with Crippen LogP contribution in [-0.4, -0.2) is 24.9 Å². The molecule has 266 valence electrons. The lowest BCUT2D eigenvalue weighted by molar-refractivity contribution is -0.137. The van der Waals surface area contributed by atoms with Crippen LogP contribution >= 0.6 is 11.3 Å². The van der Waals surface area contributed by atoms with Gasteiger partial charge in [0.1, 0.15) is 16.6 Å². The number of thiophene rings is 1. The topological polar surface area (TPSA) is 77.6 Å². The van der Waals surface area contributed by atoms with Crippen LogP contribution < -0.4 is 10.6 Å². The predicted octanol–water partition coefficient (Wildman–Crippen LogP) is 10.9. The smallest absolute Gasteiger partial charge is 0.416 e. The zero-order chi connectivity index (χ0) is 37.7. The van der Waals surface area contributed by atoms with Crippen molar-refractivity contribution in [3.05, 3.63) is 150 Å². The number of benzene rings is 5. The van der Waals surface area contributed by atoms with Gasteiger partial charge < -0.3 is 4.42 Å². The van der Waals surface area contributed by atoms with E-state index >= 15 is 0 Å². The number of alkyl halides is 3. The summed E-state index contributed by atoms with van der Waals surface area (Å²) in [5.41, 5.74) is 4.71. The van der Waals surface area contributed by atoms with E-state index in [0.29, 0.717) is 56.3 Å². The predicted molar refractivity (Wildman–Crippen MR) is 214 cm³/mol. The van der Waals surface area contributed by atoms with Crippen LogP contribution in [0.15, 0.2) is 138 Å². The van der Waals surface area contributed by atoms with Gasteiger partial charge in [-0.3, -0.25) is 0 Å². The molecular formula is C45H28F3N5OS. The van der Waals surface area contributed by atoms with Crippen molar-refractivity contribution in [3.63, 3.8) is 0 Å². The molecule has 0 aliphatic heterocycles. The second kappa shape index (κ2) is 13.6. The highest BCUT2D eigenvalue weighted by Crippen LogP contribution is 2.41. The van der Waals surface area contributed by atoms with Crippen LogP contribution in [0.25, 0.3) is 101 Å². The summed E-state index contributed by atoms with van der Waals surface area (Å²) in [5, 5.41) is 2.69. The number of aromatic nitrogens is 5. The van der Waals surface area contributed by atoms with Gasteiger partial charge >= 0.3 is 6.18 Å². The molecule has 9 rings (SSSR count). The van der Waals surface area contributed by atoms with Crippen molar-refractivity contribution in [1.29, 1.82) is 0 Å². The van der Waals surface area contributed by atoms with Crippen molar-refractivity contribution < 1.29 is 17.6 Å². The van der Waals surface area contributed by atoms with E-state index < -0.39 is 11.7 Å². The highest BCUT2D eigenvalue weighted by Gasteiger charge is 2.30. The molecule has 0 spiro atoms. The summed E-state index contributed by atoms with van der Waals surface area (Å²) >= 11 is 1.63. The summed E-state index contributed by atoms with van der Waals surface area (Å²) in [7, 11) is 0. The van der Waals surface area contributed by atoms with Gasteiger partial charge in [0, 0.05) is 53.2 Å². The highest BCUT2D eigenvalue weighted by molar-refractivity contribution is 7.26. The molecule has 0 radical (unpaired) electrons. The molecule has 0 atom stereocenters. The fraction of sp³-hybridized carbons (Fsp3) is 0.0444. The average molecular weight is 744 g/mol. The maximum absolute atomic E-state index is 13.5. The molecule has 5 aromatic carbocycles. The second-order valence-electron chi connectivity index (χ2n) is 12.8. The number of allylic oxidation sites excluding steroid dienone is 2. The molecule has 55 heavy (non-hydrogen) atoms. The number of fused-ring (bicyclic) bond motifs is 4. The van der Waals surface area contributed by atoms with Crippen LogP contribution in [0.3, 0.4) is 0 Å². The second-order valence-corrected chi connectivity index (χ2v) is 13.9. The fourth-order valence-corrected chi connectivity index (χ4v) is 7.80. The average Bonchev–Trinajstić information content (AvgIpc) is 3.75. The van der Waals surface area contributed by atoms with Gasteiger partial charge in [0.15, 0.2) is 28.9 Å². The van der Waals surface area contributed by atoms with Gasteiger partial charge in [-0.05, 0) is 37.3 Å². The first-order valence-electron chi connectivity index (χ1n) is 17.4. The van der Waals surface area contributed by atoms with E-state index in [9.17, 15) is 13.2 Å². The van der Waals surface area contributed by atoms with Gasteiger partial charge in [0.2, 0.25) is 0 Å². The Morgan fingerprint density at radius 2 is 1.27 bits per heavy atom. The number of hydrogen-bond acceptors (Lipinski definition) is 7. The molecule has 4 aromatic heterocycles. The molecule has 0 fully saturated rings. The lowest BCUT2D eigenvalue weighted by Crippen LogP contribution is -2.18. The molecule has 0 N–H and O–H groups in total. The molecule has 0 aliphatic rings. The summed E-state index contributed by atoms with van der Waals surface area (Å²) in [5.74, 6) is 2.12. The van der Waals surface area contributed by atoms with E-state index in [1.807, 2.05) is 116 Å². The van der Waals surface area contributed by atoms with Crippen molar-refractivity contribution in [3.8, 4) is 56.8 Å². The van der Waals surface area contributed by atoms with E-state index in [0.717, 1.165) is 54.6 Å². The first-order valence-corrected chi connectivity index (χ1v) is 18.2. The zero-order valence-corrected chi connectivity index (χ0v) is 30.0. The van der Waals surface area contributed by atoms with Crippen LogP contribution in [-0.2, 0) is 6.18 Å². The van der Waals surface area contributed by atoms with Crippen LogP contribution in [0.5, 0.6) is 0 Å². The molecule has 6 nitrogen and oxygen atoms in total. The lowest BCUT2D eigenvalue weighted by Gasteiger charge is -2.10. The summed E-state index contributed by atoms with van der Waals surface area (Å²) in [6.45, 7) is 5.97. The first kappa shape index (κ1) is 34.0. The Bertz CT molecular complexity index is 2990. The number of hydrogen-bond donors (Lipinski definition) is 0. The maximum atomic E-state index is 13.5. The van der Waals surface area contributed by atoms with E-state index in [-0.39, 0.29) is 0 Å². The van der Waals surface area contributed by atoms with Gasteiger partial charge in [0.05, 0.1) is 5.56 Å². The number of halogens is 3. The molecule has 0 bridgehead atoms. The SMILES string of the molecule is C=c1oc2c(-c3ccc(C(F)(F)F)cc3)nc(-c3ccc4c(c3)sc3cccc(-c5nc(-c6ccccc6)nc(-c6ccccc6)n5)c34)nc2/c1=C/C=C\C. The molecule has 0 aliphatic carbocycles. The Hall–Kier alpha value is -6.78. The summed E-state index contributed by atoms with van der Waals surface area (Å²) in [6, 6.07) is 36.8. The first-order chi connectivity index (χ1) is 26.7. The molecule has 9 aromatic rings. The van der Waals surface area contributed by atoms with Gasteiger partial charge in [-0.1, -0.05) is 116 Å². The highest BCUT2D eigenvalue weighted by atomic mass is 32.1. The van der Waals surface area contributed by atoms with Crippen molar-refractivity contribution in [1.82, 2.24) is 24.9 Å². The summed E-state index contributed by atoms with van der Waals surface area (Å²) in [6.07, 6.45) is 1.12. The van der Waals surface area contributed by atoms with Crippen LogP contribution in [0.4, 0.5) is 13.2 Å². The molecule has 4 heterocycles. The standard InChI is InChI=1S/C45H28F3N5OS/c1-3-4-16-32-26(2)54-40-38(27-19-22-31(23-20-27)45(46,47)48)49-43(50-39(32)40)30-21-24-33-36(25-30)55-35-18-11-17-34(37(33)35)44-52-41(28-12-7-5-8-13-28)51-42(53-44)29-14-9-6-10-15-29/h3-25H,2H2,1H3/b4-3-,32-16+. The Labute approximate surface area is 316 Å². The molecule has 0 saturated carbocycles. The Morgan fingerprint density at radius 3 is 1.93 bits per heavy atom. The van der Waals surface area contributed by atoms with Crippen molar-refractivity contribution in [2.75, 3.05) is 0 Å². The van der Waals surface area contributed by atoms with E-state index in [4.69, 9.17) is 29.3 Å². The Balaban J connectivity index is 1.22.